The monoisotopic (exact) mass is 246 g/mol. The lowest BCUT2D eigenvalue weighted by Gasteiger charge is -2.37. The molecule has 1 aromatic rings. The van der Waals surface area contributed by atoms with Crippen LogP contribution in [0.2, 0.25) is 0 Å². The summed E-state index contributed by atoms with van der Waals surface area (Å²) in [7, 11) is 0. The Labute approximate surface area is 111 Å². The molecule has 1 aliphatic heterocycles. The average molecular weight is 246 g/mol. The molecule has 1 aromatic carbocycles. The van der Waals surface area contributed by atoms with Crippen molar-refractivity contribution in [3.8, 4) is 0 Å². The first kappa shape index (κ1) is 13.6. The summed E-state index contributed by atoms with van der Waals surface area (Å²) >= 11 is 0. The zero-order valence-electron chi connectivity index (χ0n) is 11.9. The number of piperidine rings is 1. The first-order valence-corrected chi connectivity index (χ1v) is 7.09. The van der Waals surface area contributed by atoms with Crippen LogP contribution in [-0.2, 0) is 0 Å². The van der Waals surface area contributed by atoms with Gasteiger partial charge in [0, 0.05) is 25.7 Å². The van der Waals surface area contributed by atoms with Gasteiger partial charge < -0.3 is 10.6 Å². The van der Waals surface area contributed by atoms with Gasteiger partial charge in [0.05, 0.1) is 0 Å². The molecule has 2 rings (SSSR count). The molecule has 2 nitrogen and oxygen atoms in total. The molecular formula is C16H26N2. The van der Waals surface area contributed by atoms with Crippen LogP contribution in [0.1, 0.15) is 37.3 Å². The van der Waals surface area contributed by atoms with Gasteiger partial charge in [0.1, 0.15) is 0 Å². The van der Waals surface area contributed by atoms with Gasteiger partial charge in [-0.05, 0) is 30.7 Å². The van der Waals surface area contributed by atoms with E-state index in [9.17, 15) is 0 Å². The Morgan fingerprint density at radius 2 is 1.89 bits per heavy atom. The van der Waals surface area contributed by atoms with Crippen LogP contribution in [0.3, 0.4) is 0 Å². The first-order valence-electron chi connectivity index (χ1n) is 7.09. The molecule has 0 aromatic heterocycles. The summed E-state index contributed by atoms with van der Waals surface area (Å²) in [5.74, 6) is 1.32. The van der Waals surface area contributed by atoms with Gasteiger partial charge >= 0.3 is 0 Å². The summed E-state index contributed by atoms with van der Waals surface area (Å²) in [6, 6.07) is 9.28. The second-order valence-electron chi connectivity index (χ2n) is 6.22. The molecule has 0 bridgehead atoms. The highest BCUT2D eigenvalue weighted by molar-refractivity contribution is 5.25. The number of benzene rings is 1. The summed E-state index contributed by atoms with van der Waals surface area (Å²) in [5, 5.41) is 0. The van der Waals surface area contributed by atoms with Gasteiger partial charge in [-0.3, -0.25) is 0 Å². The zero-order chi connectivity index (χ0) is 13.1. The fraction of sp³-hybridized carbons (Fsp3) is 0.625. The highest BCUT2D eigenvalue weighted by Crippen LogP contribution is 2.27. The maximum absolute atomic E-state index is 6.22. The molecule has 1 fully saturated rings. The van der Waals surface area contributed by atoms with E-state index >= 15 is 0 Å². The van der Waals surface area contributed by atoms with Crippen LogP contribution in [0.15, 0.2) is 24.3 Å². The van der Waals surface area contributed by atoms with E-state index in [2.05, 4.69) is 49.9 Å². The minimum atomic E-state index is 0.323. The number of likely N-dealkylation sites (tertiary alicyclic amines) is 1. The van der Waals surface area contributed by atoms with Crippen LogP contribution in [0.5, 0.6) is 0 Å². The zero-order valence-corrected chi connectivity index (χ0v) is 11.9. The Morgan fingerprint density at radius 3 is 2.50 bits per heavy atom. The summed E-state index contributed by atoms with van der Waals surface area (Å²) in [5.41, 5.74) is 9.00. The van der Waals surface area contributed by atoms with Crippen molar-refractivity contribution in [2.75, 3.05) is 19.6 Å². The van der Waals surface area contributed by atoms with Gasteiger partial charge in [0.2, 0.25) is 0 Å². The Hall–Kier alpha value is -0.860. The molecular weight excluding hydrogens is 220 g/mol. The van der Waals surface area contributed by atoms with Gasteiger partial charge in [-0.25, -0.2) is 0 Å². The van der Waals surface area contributed by atoms with Crippen molar-refractivity contribution in [2.24, 2.45) is 11.7 Å². The van der Waals surface area contributed by atoms with Gasteiger partial charge in [-0.15, -0.1) is 0 Å². The van der Waals surface area contributed by atoms with Crippen molar-refractivity contribution in [1.82, 2.24) is 4.90 Å². The lowest BCUT2D eigenvalue weighted by atomic mass is 9.87. The molecule has 0 spiro atoms. The third kappa shape index (κ3) is 3.56. The second kappa shape index (κ2) is 5.85. The predicted molar refractivity (Wildman–Crippen MR) is 77.8 cm³/mol. The number of hydrogen-bond donors (Lipinski definition) is 1. The fourth-order valence-corrected chi connectivity index (χ4v) is 2.98. The molecule has 0 aliphatic carbocycles. The van der Waals surface area contributed by atoms with Crippen molar-refractivity contribution in [2.45, 2.75) is 39.2 Å². The second-order valence-corrected chi connectivity index (χ2v) is 6.22. The normalized spacial score (nSPS) is 25.6. The summed E-state index contributed by atoms with van der Waals surface area (Å²) < 4.78 is 0. The summed E-state index contributed by atoms with van der Waals surface area (Å²) in [6.07, 6.45) is 1.12. The smallest absolute Gasteiger partial charge is 0.0174 e. The van der Waals surface area contributed by atoms with E-state index in [4.69, 9.17) is 5.73 Å². The van der Waals surface area contributed by atoms with Crippen molar-refractivity contribution in [3.05, 3.63) is 35.4 Å². The summed E-state index contributed by atoms with van der Waals surface area (Å²) in [4.78, 5) is 2.53. The van der Waals surface area contributed by atoms with E-state index in [1.807, 2.05) is 0 Å². The lowest BCUT2D eigenvalue weighted by Crippen LogP contribution is -2.47. The third-order valence-corrected chi connectivity index (χ3v) is 3.73. The van der Waals surface area contributed by atoms with E-state index in [1.165, 1.54) is 11.1 Å². The highest BCUT2D eigenvalue weighted by atomic mass is 15.1. The Kier molecular flexibility index (Phi) is 4.41. The quantitative estimate of drug-likeness (QED) is 0.888. The maximum Gasteiger partial charge on any atom is 0.0174 e. The molecule has 1 saturated heterocycles. The van der Waals surface area contributed by atoms with Crippen molar-refractivity contribution < 1.29 is 0 Å². The topological polar surface area (TPSA) is 29.3 Å². The van der Waals surface area contributed by atoms with Gasteiger partial charge in [0.15, 0.2) is 0 Å². The van der Waals surface area contributed by atoms with E-state index in [1.54, 1.807) is 0 Å². The molecule has 2 N–H and O–H groups in total. The molecule has 18 heavy (non-hydrogen) atoms. The molecule has 2 atom stereocenters. The Bertz CT molecular complexity index is 367. The van der Waals surface area contributed by atoms with Crippen LogP contribution >= 0.6 is 0 Å². The molecule has 0 radical (unpaired) electrons. The number of hydrogen-bond acceptors (Lipinski definition) is 2. The van der Waals surface area contributed by atoms with Crippen LogP contribution < -0.4 is 5.73 Å². The Morgan fingerprint density at radius 1 is 1.22 bits per heavy atom. The van der Waals surface area contributed by atoms with Gasteiger partial charge in [-0.1, -0.05) is 43.7 Å². The third-order valence-electron chi connectivity index (χ3n) is 3.73. The standard InChI is InChI=1S/C16H26N2/c1-12(2)9-18-10-15(8-16(17)11-18)14-6-4-13(3)5-7-14/h4-7,12,15-16H,8-11,17H2,1-3H3. The highest BCUT2D eigenvalue weighted by Gasteiger charge is 2.26. The number of nitrogens with two attached hydrogens (primary N) is 1. The summed E-state index contributed by atoms with van der Waals surface area (Å²) in [6.45, 7) is 10.1. The fourth-order valence-electron chi connectivity index (χ4n) is 2.98. The van der Waals surface area contributed by atoms with Crippen LogP contribution in [0.25, 0.3) is 0 Å². The van der Waals surface area contributed by atoms with Gasteiger partial charge in [0.25, 0.3) is 0 Å². The van der Waals surface area contributed by atoms with Crippen molar-refractivity contribution >= 4 is 0 Å². The van der Waals surface area contributed by atoms with Crippen LogP contribution in [0.4, 0.5) is 0 Å². The largest absolute Gasteiger partial charge is 0.327 e. The number of nitrogens with zero attached hydrogens (tertiary/aromatic N) is 1. The van der Waals surface area contributed by atoms with Crippen LogP contribution in [0, 0.1) is 12.8 Å². The molecule has 2 unspecified atom stereocenters. The van der Waals surface area contributed by atoms with E-state index < -0.39 is 0 Å². The SMILES string of the molecule is Cc1ccc(C2CC(N)CN(CC(C)C)C2)cc1. The van der Waals surface area contributed by atoms with E-state index in [-0.39, 0.29) is 0 Å². The molecule has 100 valence electrons. The molecule has 0 amide bonds. The van der Waals surface area contributed by atoms with Crippen molar-refractivity contribution in [1.29, 1.82) is 0 Å². The first-order chi connectivity index (χ1) is 8.54. The molecule has 1 heterocycles. The molecule has 2 heteroatoms. The van der Waals surface area contributed by atoms with Gasteiger partial charge in [-0.2, -0.15) is 0 Å². The maximum atomic E-state index is 6.22. The Balaban J connectivity index is 2.06. The molecule has 0 saturated carbocycles. The predicted octanol–water partition coefficient (Wildman–Crippen LogP) is 2.77. The lowest BCUT2D eigenvalue weighted by molar-refractivity contribution is 0.171. The minimum absolute atomic E-state index is 0.323. The average Bonchev–Trinajstić information content (AvgIpc) is 2.28. The van der Waals surface area contributed by atoms with E-state index in [0.717, 1.165) is 26.1 Å². The van der Waals surface area contributed by atoms with Crippen LogP contribution in [-0.4, -0.2) is 30.6 Å². The number of aryl methyl sites for hydroxylation is 1. The van der Waals surface area contributed by atoms with Crippen molar-refractivity contribution in [3.63, 3.8) is 0 Å². The molecule has 1 aliphatic rings. The van der Waals surface area contributed by atoms with E-state index in [0.29, 0.717) is 17.9 Å². The number of rotatable bonds is 3. The minimum Gasteiger partial charge on any atom is -0.327 e.